The summed E-state index contributed by atoms with van der Waals surface area (Å²) in [5, 5.41) is 12.3. The Morgan fingerprint density at radius 2 is 2.25 bits per heavy atom. The molecule has 3 heteroatoms. The number of nitrogens with one attached hydrogen (secondary N) is 1. The Kier molecular flexibility index (Phi) is 5.34. The second kappa shape index (κ2) is 6.55. The molecule has 0 aliphatic heterocycles. The Hall–Kier alpha value is -1.01. The summed E-state index contributed by atoms with van der Waals surface area (Å²) < 4.78 is 0.997. The molecule has 0 aliphatic rings. The first-order chi connectivity index (χ1) is 7.67. The standard InChI is InChI=1S/C13H17BrN2/c1-3-4-10(2)9-16-13-7-12(14)6-5-11(13)8-15/h5-7,10,16H,3-4,9H2,1-2H3. The monoisotopic (exact) mass is 280 g/mol. The van der Waals surface area contributed by atoms with Crippen molar-refractivity contribution in [1.29, 1.82) is 5.26 Å². The molecule has 0 spiro atoms. The van der Waals surface area contributed by atoms with E-state index in [0.717, 1.165) is 16.7 Å². The van der Waals surface area contributed by atoms with Crippen molar-refractivity contribution in [3.8, 4) is 6.07 Å². The van der Waals surface area contributed by atoms with Crippen LogP contribution in [0.2, 0.25) is 0 Å². The van der Waals surface area contributed by atoms with Gasteiger partial charge < -0.3 is 5.32 Å². The Morgan fingerprint density at radius 3 is 2.88 bits per heavy atom. The topological polar surface area (TPSA) is 35.8 Å². The van der Waals surface area contributed by atoms with Crippen LogP contribution < -0.4 is 5.32 Å². The number of hydrogen-bond donors (Lipinski definition) is 1. The van der Waals surface area contributed by atoms with E-state index < -0.39 is 0 Å². The van der Waals surface area contributed by atoms with E-state index in [2.05, 4.69) is 41.2 Å². The van der Waals surface area contributed by atoms with Gasteiger partial charge in [0, 0.05) is 11.0 Å². The summed E-state index contributed by atoms with van der Waals surface area (Å²) in [5.41, 5.74) is 1.62. The Bertz CT molecular complexity index is 382. The molecule has 1 rings (SSSR count). The second-order valence-corrected chi connectivity index (χ2v) is 4.99. The van der Waals surface area contributed by atoms with E-state index in [1.165, 1.54) is 12.8 Å². The average Bonchev–Trinajstić information content (AvgIpc) is 2.27. The molecule has 0 fully saturated rings. The smallest absolute Gasteiger partial charge is 0.101 e. The number of nitriles is 1. The molecule has 0 bridgehead atoms. The highest BCUT2D eigenvalue weighted by atomic mass is 79.9. The van der Waals surface area contributed by atoms with Gasteiger partial charge in [0.15, 0.2) is 0 Å². The molecule has 16 heavy (non-hydrogen) atoms. The molecule has 0 saturated heterocycles. The number of nitrogens with zero attached hydrogens (tertiary/aromatic N) is 1. The van der Waals surface area contributed by atoms with Crippen LogP contribution in [0.3, 0.4) is 0 Å². The molecule has 1 unspecified atom stereocenters. The summed E-state index contributed by atoms with van der Waals surface area (Å²) in [6.45, 7) is 5.33. The van der Waals surface area contributed by atoms with E-state index in [-0.39, 0.29) is 0 Å². The zero-order chi connectivity index (χ0) is 12.0. The van der Waals surface area contributed by atoms with Crippen LogP contribution in [-0.2, 0) is 0 Å². The number of hydrogen-bond acceptors (Lipinski definition) is 2. The van der Waals surface area contributed by atoms with Gasteiger partial charge in [-0.05, 0) is 30.5 Å². The predicted octanol–water partition coefficient (Wildman–Crippen LogP) is 4.17. The van der Waals surface area contributed by atoms with Gasteiger partial charge in [0.1, 0.15) is 6.07 Å². The van der Waals surface area contributed by atoms with Gasteiger partial charge in [-0.25, -0.2) is 0 Å². The van der Waals surface area contributed by atoms with E-state index in [9.17, 15) is 0 Å². The van der Waals surface area contributed by atoms with Gasteiger partial charge in [-0.15, -0.1) is 0 Å². The summed E-state index contributed by atoms with van der Waals surface area (Å²) in [6.07, 6.45) is 2.41. The van der Waals surface area contributed by atoms with Crippen LogP contribution in [0.15, 0.2) is 22.7 Å². The molecule has 1 atom stereocenters. The summed E-state index contributed by atoms with van der Waals surface area (Å²) >= 11 is 3.41. The van der Waals surface area contributed by atoms with Crippen molar-refractivity contribution >= 4 is 21.6 Å². The highest BCUT2D eigenvalue weighted by Crippen LogP contribution is 2.21. The molecule has 1 N–H and O–H groups in total. The molecule has 0 radical (unpaired) electrons. The number of anilines is 1. The van der Waals surface area contributed by atoms with E-state index in [1.807, 2.05) is 18.2 Å². The number of benzene rings is 1. The zero-order valence-corrected chi connectivity index (χ0v) is 11.3. The number of halogens is 1. The largest absolute Gasteiger partial charge is 0.384 e. The van der Waals surface area contributed by atoms with Crippen molar-refractivity contribution in [1.82, 2.24) is 0 Å². The van der Waals surface area contributed by atoms with E-state index >= 15 is 0 Å². The van der Waals surface area contributed by atoms with Crippen LogP contribution in [0.5, 0.6) is 0 Å². The fraction of sp³-hybridized carbons (Fsp3) is 0.462. The van der Waals surface area contributed by atoms with Gasteiger partial charge >= 0.3 is 0 Å². The van der Waals surface area contributed by atoms with Crippen molar-refractivity contribution in [3.63, 3.8) is 0 Å². The maximum absolute atomic E-state index is 8.97. The fourth-order valence-electron chi connectivity index (χ4n) is 1.64. The van der Waals surface area contributed by atoms with Gasteiger partial charge in [-0.1, -0.05) is 36.2 Å². The molecule has 0 amide bonds. The van der Waals surface area contributed by atoms with E-state index in [0.29, 0.717) is 11.5 Å². The fourth-order valence-corrected chi connectivity index (χ4v) is 2.00. The van der Waals surface area contributed by atoms with Crippen LogP contribution in [0.4, 0.5) is 5.69 Å². The molecular weight excluding hydrogens is 264 g/mol. The first-order valence-corrected chi connectivity index (χ1v) is 6.40. The van der Waals surface area contributed by atoms with E-state index in [1.54, 1.807) is 0 Å². The Labute approximate surface area is 106 Å². The van der Waals surface area contributed by atoms with Gasteiger partial charge in [-0.2, -0.15) is 5.26 Å². The van der Waals surface area contributed by atoms with Crippen LogP contribution >= 0.6 is 15.9 Å². The van der Waals surface area contributed by atoms with Gasteiger partial charge in [0.2, 0.25) is 0 Å². The number of rotatable bonds is 5. The van der Waals surface area contributed by atoms with Gasteiger partial charge in [0.05, 0.1) is 11.3 Å². The zero-order valence-electron chi connectivity index (χ0n) is 9.76. The minimum atomic E-state index is 0.635. The summed E-state index contributed by atoms with van der Waals surface area (Å²) in [5.74, 6) is 0.635. The lowest BCUT2D eigenvalue weighted by atomic mass is 10.1. The molecular formula is C13H17BrN2. The molecule has 0 saturated carbocycles. The lowest BCUT2D eigenvalue weighted by Gasteiger charge is -2.13. The van der Waals surface area contributed by atoms with Crippen molar-refractivity contribution < 1.29 is 0 Å². The van der Waals surface area contributed by atoms with Crippen molar-refractivity contribution in [2.45, 2.75) is 26.7 Å². The van der Waals surface area contributed by atoms with Crippen LogP contribution in [0, 0.1) is 17.2 Å². The summed E-state index contributed by atoms with van der Waals surface area (Å²) in [4.78, 5) is 0. The minimum Gasteiger partial charge on any atom is -0.384 e. The lowest BCUT2D eigenvalue weighted by Crippen LogP contribution is -2.11. The minimum absolute atomic E-state index is 0.635. The molecule has 0 aromatic heterocycles. The van der Waals surface area contributed by atoms with Gasteiger partial charge in [0.25, 0.3) is 0 Å². The third-order valence-electron chi connectivity index (χ3n) is 2.52. The Balaban J connectivity index is 2.66. The molecule has 2 nitrogen and oxygen atoms in total. The first-order valence-electron chi connectivity index (χ1n) is 5.61. The predicted molar refractivity (Wildman–Crippen MR) is 71.4 cm³/mol. The van der Waals surface area contributed by atoms with Crippen LogP contribution in [0.25, 0.3) is 0 Å². The molecule has 1 aromatic rings. The molecule has 86 valence electrons. The SMILES string of the molecule is CCCC(C)CNc1cc(Br)ccc1C#N. The maximum Gasteiger partial charge on any atom is 0.101 e. The molecule has 0 aliphatic carbocycles. The summed E-state index contributed by atoms with van der Waals surface area (Å²) in [6, 6.07) is 7.87. The molecule has 1 aromatic carbocycles. The Morgan fingerprint density at radius 1 is 1.50 bits per heavy atom. The maximum atomic E-state index is 8.97. The quantitative estimate of drug-likeness (QED) is 0.879. The summed E-state index contributed by atoms with van der Waals surface area (Å²) in [7, 11) is 0. The van der Waals surface area contributed by atoms with Crippen LogP contribution in [0.1, 0.15) is 32.3 Å². The van der Waals surface area contributed by atoms with Crippen molar-refractivity contribution in [2.75, 3.05) is 11.9 Å². The van der Waals surface area contributed by atoms with Crippen molar-refractivity contribution in [2.24, 2.45) is 5.92 Å². The normalized spacial score (nSPS) is 11.9. The first kappa shape index (κ1) is 13.1. The third kappa shape index (κ3) is 3.86. The average molecular weight is 281 g/mol. The van der Waals surface area contributed by atoms with Crippen molar-refractivity contribution in [3.05, 3.63) is 28.2 Å². The third-order valence-corrected chi connectivity index (χ3v) is 3.02. The molecule has 0 heterocycles. The van der Waals surface area contributed by atoms with Crippen LogP contribution in [-0.4, -0.2) is 6.54 Å². The highest BCUT2D eigenvalue weighted by Gasteiger charge is 2.04. The van der Waals surface area contributed by atoms with E-state index in [4.69, 9.17) is 5.26 Å². The lowest BCUT2D eigenvalue weighted by molar-refractivity contribution is 0.550. The van der Waals surface area contributed by atoms with Gasteiger partial charge in [-0.3, -0.25) is 0 Å². The highest BCUT2D eigenvalue weighted by molar-refractivity contribution is 9.10. The second-order valence-electron chi connectivity index (χ2n) is 4.08.